The Bertz CT molecular complexity index is 624. The Morgan fingerprint density at radius 3 is 2.40 bits per heavy atom. The van der Waals surface area contributed by atoms with Gasteiger partial charge >= 0.3 is 5.97 Å². The maximum absolute atomic E-state index is 12.1. The molecule has 2 atom stereocenters. The second-order valence-corrected chi connectivity index (χ2v) is 6.82. The van der Waals surface area contributed by atoms with Gasteiger partial charge < -0.3 is 19.7 Å². The monoisotopic (exact) mass is 412 g/mol. The Kier molecular flexibility index (Phi) is 6.95. The molecular weight excluding hydrogens is 392 g/mol. The summed E-state index contributed by atoms with van der Waals surface area (Å²) < 4.78 is 11.3. The van der Waals surface area contributed by atoms with Gasteiger partial charge in [0.2, 0.25) is 0 Å². The van der Waals surface area contributed by atoms with E-state index in [4.69, 9.17) is 9.47 Å². The van der Waals surface area contributed by atoms with Crippen LogP contribution in [0.5, 0.6) is 0 Å². The van der Waals surface area contributed by atoms with Crippen molar-refractivity contribution in [2.45, 2.75) is 26.1 Å². The van der Waals surface area contributed by atoms with Gasteiger partial charge in [0.15, 0.2) is 6.61 Å². The molecule has 25 heavy (non-hydrogen) atoms. The molecule has 2 rings (SSSR count). The molecule has 0 aromatic heterocycles. The van der Waals surface area contributed by atoms with Crippen LogP contribution in [-0.2, 0) is 19.1 Å². The van der Waals surface area contributed by atoms with E-state index in [2.05, 4.69) is 21.2 Å². The van der Waals surface area contributed by atoms with Crippen LogP contribution < -0.4 is 5.32 Å². The molecule has 8 heteroatoms. The third kappa shape index (κ3) is 6.13. The van der Waals surface area contributed by atoms with Crippen LogP contribution in [0.3, 0.4) is 0 Å². The smallest absolute Gasteiger partial charge is 0.325 e. The normalized spacial score (nSPS) is 20.0. The molecule has 1 N–H and O–H groups in total. The first-order chi connectivity index (χ1) is 11.8. The summed E-state index contributed by atoms with van der Waals surface area (Å²) in [5.74, 6) is -1.31. The summed E-state index contributed by atoms with van der Waals surface area (Å²) in [4.78, 5) is 37.3. The number of benzene rings is 1. The summed E-state index contributed by atoms with van der Waals surface area (Å²) in [6, 6.07) is 6.73. The third-order valence-electron chi connectivity index (χ3n) is 3.63. The maximum atomic E-state index is 12.1. The molecule has 0 unspecified atom stereocenters. The lowest BCUT2D eigenvalue weighted by atomic mass is 10.2. The van der Waals surface area contributed by atoms with E-state index in [0.717, 1.165) is 4.47 Å². The lowest BCUT2D eigenvalue weighted by molar-refractivity contribution is -0.156. The first-order valence-electron chi connectivity index (χ1n) is 7.97. The minimum Gasteiger partial charge on any atom is -0.454 e. The summed E-state index contributed by atoms with van der Waals surface area (Å²) >= 11 is 3.28. The van der Waals surface area contributed by atoms with Gasteiger partial charge in [-0.2, -0.15) is 0 Å². The van der Waals surface area contributed by atoms with Gasteiger partial charge in [-0.15, -0.1) is 0 Å². The number of ether oxygens (including phenoxy) is 2. The second kappa shape index (κ2) is 8.96. The molecule has 0 bridgehead atoms. The average Bonchev–Trinajstić information content (AvgIpc) is 2.57. The number of hydrogen-bond donors (Lipinski definition) is 1. The average molecular weight is 413 g/mol. The fraction of sp³-hybridized carbons (Fsp3) is 0.471. The molecule has 1 fully saturated rings. The van der Waals surface area contributed by atoms with E-state index >= 15 is 0 Å². The second-order valence-electron chi connectivity index (χ2n) is 5.91. The molecule has 1 saturated heterocycles. The van der Waals surface area contributed by atoms with Crippen LogP contribution in [0.25, 0.3) is 0 Å². The highest BCUT2D eigenvalue weighted by atomic mass is 79.9. The molecule has 1 aliphatic rings. The zero-order valence-corrected chi connectivity index (χ0v) is 15.7. The quantitative estimate of drug-likeness (QED) is 0.737. The Morgan fingerprint density at radius 1 is 1.20 bits per heavy atom. The maximum Gasteiger partial charge on any atom is 0.325 e. The summed E-state index contributed by atoms with van der Waals surface area (Å²) in [6.45, 7) is 4.09. The van der Waals surface area contributed by atoms with Crippen molar-refractivity contribution in [3.63, 3.8) is 0 Å². The van der Waals surface area contributed by atoms with Crippen LogP contribution in [0.4, 0.5) is 0 Å². The first-order valence-corrected chi connectivity index (χ1v) is 8.77. The van der Waals surface area contributed by atoms with Crippen molar-refractivity contribution < 1.29 is 23.9 Å². The predicted octanol–water partition coefficient (Wildman–Crippen LogP) is 1.36. The number of esters is 1. The molecule has 0 aliphatic carbocycles. The lowest BCUT2D eigenvalue weighted by Crippen LogP contribution is -2.49. The van der Waals surface area contributed by atoms with Crippen molar-refractivity contribution in [1.82, 2.24) is 10.2 Å². The number of halogens is 1. The van der Waals surface area contributed by atoms with E-state index in [1.54, 1.807) is 29.2 Å². The van der Waals surface area contributed by atoms with Gasteiger partial charge in [-0.25, -0.2) is 0 Å². The Balaban J connectivity index is 1.72. The van der Waals surface area contributed by atoms with Gasteiger partial charge in [0.1, 0.15) is 6.54 Å². The molecule has 136 valence electrons. The SMILES string of the molecule is C[C@@H]1CN(C(=O)COC(=O)CNC(=O)c2ccc(Br)cc2)C[C@@H](C)O1. The van der Waals surface area contributed by atoms with Crippen molar-refractivity contribution in [2.75, 3.05) is 26.2 Å². The number of morpholine rings is 1. The molecule has 1 aliphatic heterocycles. The molecule has 2 amide bonds. The van der Waals surface area contributed by atoms with Crippen LogP contribution in [-0.4, -0.2) is 61.1 Å². The van der Waals surface area contributed by atoms with Gasteiger partial charge in [-0.05, 0) is 38.1 Å². The van der Waals surface area contributed by atoms with Gasteiger partial charge in [-0.1, -0.05) is 15.9 Å². The first kappa shape index (κ1) is 19.4. The number of nitrogens with zero attached hydrogens (tertiary/aromatic N) is 1. The Hall–Kier alpha value is -1.93. The topological polar surface area (TPSA) is 84.9 Å². The van der Waals surface area contributed by atoms with Crippen molar-refractivity contribution in [3.05, 3.63) is 34.3 Å². The van der Waals surface area contributed by atoms with E-state index in [9.17, 15) is 14.4 Å². The summed E-state index contributed by atoms with van der Waals surface area (Å²) in [5, 5.41) is 2.46. The molecule has 1 aromatic rings. The van der Waals surface area contributed by atoms with Gasteiger partial charge in [0, 0.05) is 23.1 Å². The van der Waals surface area contributed by atoms with E-state index in [0.29, 0.717) is 18.7 Å². The summed E-state index contributed by atoms with van der Waals surface area (Å²) in [5.41, 5.74) is 0.434. The van der Waals surface area contributed by atoms with E-state index < -0.39 is 5.97 Å². The number of amides is 2. The van der Waals surface area contributed by atoms with Gasteiger partial charge in [0.25, 0.3) is 11.8 Å². The lowest BCUT2D eigenvalue weighted by Gasteiger charge is -2.35. The molecule has 7 nitrogen and oxygen atoms in total. The zero-order chi connectivity index (χ0) is 18.4. The van der Waals surface area contributed by atoms with Crippen LogP contribution in [0, 0.1) is 0 Å². The fourth-order valence-electron chi connectivity index (χ4n) is 2.52. The molecular formula is C17H21BrN2O5. The van der Waals surface area contributed by atoms with E-state index in [1.165, 1.54) is 0 Å². The Morgan fingerprint density at radius 2 is 1.80 bits per heavy atom. The van der Waals surface area contributed by atoms with Crippen molar-refractivity contribution in [1.29, 1.82) is 0 Å². The third-order valence-corrected chi connectivity index (χ3v) is 4.16. The molecule has 0 radical (unpaired) electrons. The molecule has 1 aromatic carbocycles. The standard InChI is InChI=1S/C17H21BrN2O5/c1-11-8-20(9-12(2)25-11)15(21)10-24-16(22)7-19-17(23)13-3-5-14(18)6-4-13/h3-6,11-12H,7-10H2,1-2H3,(H,19,23)/t11-,12-/m1/s1. The molecule has 1 heterocycles. The van der Waals surface area contributed by atoms with Crippen molar-refractivity contribution >= 4 is 33.7 Å². The largest absolute Gasteiger partial charge is 0.454 e. The van der Waals surface area contributed by atoms with E-state index in [-0.39, 0.29) is 37.2 Å². The van der Waals surface area contributed by atoms with E-state index in [1.807, 2.05) is 13.8 Å². The van der Waals surface area contributed by atoms with Crippen LogP contribution >= 0.6 is 15.9 Å². The zero-order valence-electron chi connectivity index (χ0n) is 14.2. The predicted molar refractivity (Wildman–Crippen MR) is 94.0 cm³/mol. The minimum absolute atomic E-state index is 0.0476. The number of carbonyl (C=O) groups excluding carboxylic acids is 3. The van der Waals surface area contributed by atoms with Crippen molar-refractivity contribution in [3.8, 4) is 0 Å². The molecule has 0 saturated carbocycles. The number of carbonyl (C=O) groups is 3. The number of hydrogen-bond acceptors (Lipinski definition) is 5. The Labute approximate surface area is 154 Å². The van der Waals surface area contributed by atoms with Crippen molar-refractivity contribution in [2.24, 2.45) is 0 Å². The van der Waals surface area contributed by atoms with Crippen LogP contribution in [0.2, 0.25) is 0 Å². The molecule has 0 spiro atoms. The van der Waals surface area contributed by atoms with Gasteiger partial charge in [0.05, 0.1) is 12.2 Å². The van der Waals surface area contributed by atoms with Gasteiger partial charge in [-0.3, -0.25) is 14.4 Å². The number of nitrogens with one attached hydrogen (secondary N) is 1. The van der Waals surface area contributed by atoms with Crippen LogP contribution in [0.1, 0.15) is 24.2 Å². The summed E-state index contributed by atoms with van der Waals surface area (Å²) in [6.07, 6.45) is -0.0952. The highest BCUT2D eigenvalue weighted by molar-refractivity contribution is 9.10. The summed E-state index contributed by atoms with van der Waals surface area (Å²) in [7, 11) is 0. The highest BCUT2D eigenvalue weighted by Gasteiger charge is 2.26. The highest BCUT2D eigenvalue weighted by Crippen LogP contribution is 2.11. The van der Waals surface area contributed by atoms with Crippen LogP contribution in [0.15, 0.2) is 28.7 Å². The fourth-order valence-corrected chi connectivity index (χ4v) is 2.79. The minimum atomic E-state index is -0.659. The number of rotatable bonds is 5.